The number of fused-ring (bicyclic) bond motifs is 1. The van der Waals surface area contributed by atoms with Crippen molar-refractivity contribution in [3.63, 3.8) is 0 Å². The number of ketones is 1. The molecule has 5 amide bonds. The summed E-state index contributed by atoms with van der Waals surface area (Å²) in [6.45, 7) is 12.7. The van der Waals surface area contributed by atoms with E-state index in [9.17, 15) is 24.0 Å². The number of amides is 5. The van der Waals surface area contributed by atoms with Crippen molar-refractivity contribution in [3.05, 3.63) is 35.8 Å². The molecule has 3 aromatic heterocycles. The number of ether oxygens (including phenoxy) is 1. The maximum Gasteiger partial charge on any atom is 0.315 e. The summed E-state index contributed by atoms with van der Waals surface area (Å²) in [5.41, 5.74) is 4.49. The molecule has 0 aromatic carbocycles. The molecule has 0 saturated carbocycles. The molecule has 4 heterocycles. The molecule has 1 aliphatic heterocycles. The Morgan fingerprint density at radius 3 is 2.40 bits per heavy atom. The van der Waals surface area contributed by atoms with Crippen LogP contribution in [0.3, 0.4) is 0 Å². The molecule has 0 aliphatic carbocycles. The molecule has 258 valence electrons. The first-order chi connectivity index (χ1) is 22.5. The number of nitrogens with two attached hydrogens (primary N) is 1. The van der Waals surface area contributed by atoms with Crippen LogP contribution in [0.15, 0.2) is 35.8 Å². The van der Waals surface area contributed by atoms with Gasteiger partial charge in [-0.3, -0.25) is 24.2 Å². The zero-order valence-electron chi connectivity index (χ0n) is 28.3. The van der Waals surface area contributed by atoms with Crippen molar-refractivity contribution in [2.24, 2.45) is 11.1 Å². The summed E-state index contributed by atoms with van der Waals surface area (Å²) in [6.07, 6.45) is 1.64. The van der Waals surface area contributed by atoms with E-state index in [0.717, 1.165) is 0 Å². The van der Waals surface area contributed by atoms with Gasteiger partial charge in [0.05, 0.1) is 18.0 Å². The van der Waals surface area contributed by atoms with Crippen LogP contribution in [0.5, 0.6) is 5.88 Å². The predicted molar refractivity (Wildman–Crippen MR) is 181 cm³/mol. The van der Waals surface area contributed by atoms with Gasteiger partial charge in [0.15, 0.2) is 5.82 Å². The second-order valence-electron chi connectivity index (χ2n) is 13.9. The molecule has 4 atom stereocenters. The number of carbonyl (C=O) groups is 5. The van der Waals surface area contributed by atoms with Crippen molar-refractivity contribution in [2.45, 2.75) is 97.5 Å². The zero-order valence-corrected chi connectivity index (χ0v) is 29.1. The van der Waals surface area contributed by atoms with E-state index in [-0.39, 0.29) is 25.3 Å². The van der Waals surface area contributed by atoms with Gasteiger partial charge in [-0.05, 0) is 56.2 Å². The summed E-state index contributed by atoms with van der Waals surface area (Å²) in [6, 6.07) is 3.39. The molecular weight excluding hydrogens is 636 g/mol. The molecule has 1 aliphatic rings. The Kier molecular flexibility index (Phi) is 11.0. The number of hydrogen-bond acceptors (Lipinski definition) is 10. The van der Waals surface area contributed by atoms with Crippen LogP contribution in [0.1, 0.15) is 67.7 Å². The van der Waals surface area contributed by atoms with Crippen molar-refractivity contribution in [2.75, 3.05) is 6.54 Å². The van der Waals surface area contributed by atoms with E-state index in [1.807, 2.05) is 59.1 Å². The van der Waals surface area contributed by atoms with Gasteiger partial charge in [-0.25, -0.2) is 9.78 Å². The maximum atomic E-state index is 14.3. The number of Topliss-reactive ketones (excluding diaryl/α,β-unsaturated/α-hetero) is 1. The molecule has 15 heteroatoms. The number of nitrogens with one attached hydrogen (secondary N) is 3. The Morgan fingerprint density at radius 1 is 1.06 bits per heavy atom. The quantitative estimate of drug-likeness (QED) is 0.220. The third kappa shape index (κ3) is 8.82. The Balaban J connectivity index is 1.69. The second-order valence-corrected chi connectivity index (χ2v) is 14.8. The van der Waals surface area contributed by atoms with Crippen molar-refractivity contribution in [1.29, 1.82) is 0 Å². The van der Waals surface area contributed by atoms with E-state index in [1.54, 1.807) is 25.3 Å². The fourth-order valence-corrected chi connectivity index (χ4v) is 6.13. The summed E-state index contributed by atoms with van der Waals surface area (Å²) in [7, 11) is 0. The van der Waals surface area contributed by atoms with Gasteiger partial charge in [-0.2, -0.15) is 4.98 Å². The van der Waals surface area contributed by atoms with Crippen LogP contribution in [0.4, 0.5) is 4.79 Å². The van der Waals surface area contributed by atoms with Crippen LogP contribution in [0.2, 0.25) is 0 Å². The van der Waals surface area contributed by atoms with Crippen LogP contribution >= 0.6 is 11.3 Å². The summed E-state index contributed by atoms with van der Waals surface area (Å²) < 4.78 is 6.43. The molecule has 48 heavy (non-hydrogen) atoms. The number of hydrogen-bond donors (Lipinski definition) is 4. The summed E-state index contributed by atoms with van der Waals surface area (Å²) in [4.78, 5) is 81.2. The highest BCUT2D eigenvalue weighted by atomic mass is 32.1. The largest absolute Gasteiger partial charge is 0.472 e. The standard InChI is InChI=1S/C33H44N8O6S/c1-8-11-20(23(42)25(34)43)36-27(44)22-16-18(17-41(22)30(45)24(32(2,3)4)37-31(46)40-33(5,6)7)47-28-19-13-15-48-29(19)39-26(38-28)21-12-9-10-14-35-21/h9-10,12-15,18,20,22,24H,8,11,16-17H2,1-7H3,(H2,34,43)(H,36,44)(H2,37,40,46)/t18-,20+,22+,24-/m1/s1. The van der Waals surface area contributed by atoms with E-state index in [2.05, 4.69) is 30.9 Å². The SMILES string of the molecule is CCC[C@H](NC(=O)[C@@H]1C[C@@H](Oc2nc(-c3ccccn3)nc3sccc23)CN1C(=O)[C@@H](NC(=O)NC(C)(C)C)C(C)(C)C)C(=O)C(N)=O. The zero-order chi connectivity index (χ0) is 35.4. The fourth-order valence-electron chi connectivity index (χ4n) is 5.38. The molecular formula is C33H44N8O6S. The molecule has 0 spiro atoms. The third-order valence-corrected chi connectivity index (χ3v) is 8.45. The molecule has 1 fully saturated rings. The molecule has 5 N–H and O–H groups in total. The van der Waals surface area contributed by atoms with Gasteiger partial charge in [0.1, 0.15) is 28.7 Å². The van der Waals surface area contributed by atoms with Gasteiger partial charge >= 0.3 is 6.03 Å². The highest BCUT2D eigenvalue weighted by Crippen LogP contribution is 2.33. The Bertz CT molecular complexity index is 1670. The summed E-state index contributed by atoms with van der Waals surface area (Å²) >= 11 is 1.41. The van der Waals surface area contributed by atoms with Crippen LogP contribution < -0.4 is 26.4 Å². The lowest BCUT2D eigenvalue weighted by molar-refractivity contribution is -0.143. The number of rotatable bonds is 11. The molecule has 3 aromatic rings. The van der Waals surface area contributed by atoms with Gasteiger partial charge in [0.25, 0.3) is 5.91 Å². The first-order valence-electron chi connectivity index (χ1n) is 15.8. The lowest BCUT2D eigenvalue weighted by atomic mass is 9.85. The van der Waals surface area contributed by atoms with Crippen molar-refractivity contribution in [3.8, 4) is 17.4 Å². The van der Waals surface area contributed by atoms with Crippen LogP contribution in [-0.4, -0.2) is 85.7 Å². The second kappa shape index (κ2) is 14.6. The van der Waals surface area contributed by atoms with Gasteiger partial charge in [-0.1, -0.05) is 40.2 Å². The molecule has 0 bridgehead atoms. The number of likely N-dealkylation sites (tertiary alicyclic amines) is 1. The van der Waals surface area contributed by atoms with Crippen molar-refractivity contribution >= 4 is 51.1 Å². The molecule has 1 saturated heterocycles. The third-order valence-electron chi connectivity index (χ3n) is 7.64. The van der Waals surface area contributed by atoms with E-state index < -0.39 is 64.7 Å². The number of nitrogens with zero attached hydrogens (tertiary/aromatic N) is 4. The van der Waals surface area contributed by atoms with Gasteiger partial charge in [0.2, 0.25) is 23.5 Å². The molecule has 0 radical (unpaired) electrons. The predicted octanol–water partition coefficient (Wildman–Crippen LogP) is 2.95. The minimum Gasteiger partial charge on any atom is -0.472 e. The van der Waals surface area contributed by atoms with Gasteiger partial charge in [-0.15, -0.1) is 11.3 Å². The number of pyridine rings is 1. The van der Waals surface area contributed by atoms with E-state index in [4.69, 9.17) is 10.5 Å². The summed E-state index contributed by atoms with van der Waals surface area (Å²) in [5, 5.41) is 10.8. The lowest BCUT2D eigenvalue weighted by Gasteiger charge is -2.36. The highest BCUT2D eigenvalue weighted by Gasteiger charge is 2.46. The first kappa shape index (κ1) is 36.2. The van der Waals surface area contributed by atoms with E-state index in [0.29, 0.717) is 28.2 Å². The molecule has 14 nitrogen and oxygen atoms in total. The first-order valence-corrected chi connectivity index (χ1v) is 16.7. The number of carbonyl (C=O) groups excluding carboxylic acids is 5. The number of primary amides is 1. The number of aromatic nitrogens is 3. The monoisotopic (exact) mass is 680 g/mol. The summed E-state index contributed by atoms with van der Waals surface area (Å²) in [5.74, 6) is -2.62. The normalized spacial score (nSPS) is 17.8. The van der Waals surface area contributed by atoms with E-state index in [1.165, 1.54) is 16.2 Å². The van der Waals surface area contributed by atoms with Gasteiger partial charge < -0.3 is 31.3 Å². The smallest absolute Gasteiger partial charge is 0.315 e. The van der Waals surface area contributed by atoms with E-state index >= 15 is 0 Å². The minimum atomic E-state index is -1.16. The minimum absolute atomic E-state index is 0.0250. The average molecular weight is 681 g/mol. The fraction of sp³-hybridized carbons (Fsp3) is 0.515. The highest BCUT2D eigenvalue weighted by molar-refractivity contribution is 7.16. The lowest BCUT2D eigenvalue weighted by Crippen LogP contribution is -2.61. The number of thiophene rings is 1. The van der Waals surface area contributed by atoms with Crippen molar-refractivity contribution in [1.82, 2.24) is 35.8 Å². The van der Waals surface area contributed by atoms with Crippen LogP contribution in [0.25, 0.3) is 21.7 Å². The molecule has 0 unspecified atom stereocenters. The van der Waals surface area contributed by atoms with Crippen molar-refractivity contribution < 1.29 is 28.7 Å². The van der Waals surface area contributed by atoms with Gasteiger partial charge in [0, 0.05) is 18.2 Å². The Morgan fingerprint density at radius 2 is 1.79 bits per heavy atom. The topological polar surface area (TPSA) is 199 Å². The average Bonchev–Trinajstić information content (AvgIpc) is 3.65. The van der Waals surface area contributed by atoms with Crippen LogP contribution in [-0.2, 0) is 19.2 Å². The molecule has 4 rings (SSSR count). The Hall–Kier alpha value is -4.66. The maximum absolute atomic E-state index is 14.3. The number of urea groups is 1. The Labute approximate surface area is 283 Å². The van der Waals surface area contributed by atoms with Crippen LogP contribution in [0, 0.1) is 5.41 Å².